The quantitative estimate of drug-likeness (QED) is 0.142. The first-order valence-corrected chi connectivity index (χ1v) is 28.8. The van der Waals surface area contributed by atoms with Crippen molar-refractivity contribution in [1.29, 1.82) is 0 Å². The molecular formula is C76H10N2O2. The van der Waals surface area contributed by atoms with Crippen molar-refractivity contribution < 1.29 is 0 Å². The van der Waals surface area contributed by atoms with Gasteiger partial charge in [-0.3, -0.25) is 18.4 Å². The first-order chi connectivity index (χ1) is 39.8. The minimum atomic E-state index is -0.0708. The molecule has 0 atom stereocenters. The maximum Gasteiger partial charge on any atom is 0.264 e. The van der Waals surface area contributed by atoms with Gasteiger partial charge in [-0.05, 0) is 33.7 Å². The highest BCUT2D eigenvalue weighted by Crippen LogP contribution is 2.78. The van der Waals surface area contributed by atoms with Crippen molar-refractivity contribution in [1.82, 2.24) is 8.80 Å². The van der Waals surface area contributed by atoms with Crippen LogP contribution in [0.1, 0.15) is 0 Å². The van der Waals surface area contributed by atoms with Gasteiger partial charge in [-0.25, -0.2) is 0 Å². The fourth-order valence-corrected chi connectivity index (χ4v) is 25.1. The molecular weight excluding hydrogens is 973 g/mol. The summed E-state index contributed by atoms with van der Waals surface area (Å²) in [4.78, 5) is 36.0. The molecule has 0 spiro atoms. The molecule has 0 aliphatic heterocycles. The van der Waals surface area contributed by atoms with E-state index >= 15 is 9.59 Å². The van der Waals surface area contributed by atoms with Gasteiger partial charge in [-0.15, -0.1) is 0 Å². The molecule has 0 N–H and O–H groups in total. The van der Waals surface area contributed by atoms with E-state index in [4.69, 9.17) is 0 Å². The van der Waals surface area contributed by atoms with Crippen molar-refractivity contribution in [3.05, 3.63) is 81.4 Å². The molecule has 30 aromatic carbocycles. The standard InChI is InChI=1S/C76H10N2O2/c79-75-71-65-58-49-45-37-35-29-30-32-28-27-31(29)39-41(35)52-54(45)63(65)69-61(52)56-47(39)43-33(27)26-25-23-21-19-17-13(11-5-1-3-7-15(11)77(75)73(69)67(19)59(56)50(23)43)9-10-14-12-6-2-4-8-16(12)78-74-68-20(18(14)17)22(21)24(25)51-44(34(26)28)48-40(32)42-36(30)38(37)46(49)55-53(42)62(57(48)60(51)68)70(74)64(55)66(58)72(71)76(78)80/h1-10H. The lowest BCUT2D eigenvalue weighted by Gasteiger charge is -2.22. The molecule has 0 aliphatic carbocycles. The van der Waals surface area contributed by atoms with Crippen LogP contribution < -0.4 is 11.1 Å². The van der Waals surface area contributed by atoms with Crippen molar-refractivity contribution in [3.63, 3.8) is 0 Å². The van der Waals surface area contributed by atoms with Gasteiger partial charge in [0.15, 0.2) is 0 Å². The Hall–Kier alpha value is -10.7. The molecule has 4 heterocycles. The first kappa shape index (κ1) is 30.9. The summed E-state index contributed by atoms with van der Waals surface area (Å²) in [6.45, 7) is 0. The highest BCUT2D eigenvalue weighted by molar-refractivity contribution is 6.82. The van der Waals surface area contributed by atoms with Gasteiger partial charge in [0.2, 0.25) is 0 Å². The summed E-state index contributed by atoms with van der Waals surface area (Å²) in [6, 6.07) is 22.7. The molecule has 0 saturated carbocycles. The molecule has 34 aromatic rings. The Balaban J connectivity index is 1.25. The smallest absolute Gasteiger partial charge is 0.264 e. The van der Waals surface area contributed by atoms with Crippen molar-refractivity contribution >= 4 is 345 Å². The van der Waals surface area contributed by atoms with Crippen molar-refractivity contribution in [2.24, 2.45) is 0 Å². The minimum absolute atomic E-state index is 0.0708. The lowest BCUT2D eigenvalue weighted by molar-refractivity contribution is 1.20. The van der Waals surface area contributed by atoms with Crippen LogP contribution in [0, 0.1) is 0 Å². The second kappa shape index (κ2) is 7.49. The number of nitrogens with zero attached hydrogens (tertiary/aromatic N) is 2. The molecule has 4 heteroatoms. The van der Waals surface area contributed by atoms with Crippen LogP contribution in [-0.2, 0) is 0 Å². The number of fused-ring (bicyclic) bond motifs is 7. The molecule has 336 valence electrons. The number of para-hydroxylation sites is 2. The van der Waals surface area contributed by atoms with Gasteiger partial charge < -0.3 is 0 Å². The van der Waals surface area contributed by atoms with Crippen molar-refractivity contribution in [2.45, 2.75) is 0 Å². The Morgan fingerprint density at radius 3 is 0.562 bits per heavy atom. The van der Waals surface area contributed by atoms with E-state index in [1.165, 1.54) is 285 Å². The van der Waals surface area contributed by atoms with E-state index in [0.29, 0.717) is 10.8 Å². The fraction of sp³-hybridized carbons (Fsp3) is 0. The summed E-state index contributed by atoms with van der Waals surface area (Å²) in [7, 11) is 0. The van der Waals surface area contributed by atoms with Crippen LogP contribution in [0.25, 0.3) is 345 Å². The summed E-state index contributed by atoms with van der Waals surface area (Å²) in [5.41, 5.74) is 3.76. The Labute approximate surface area is 433 Å². The van der Waals surface area contributed by atoms with Crippen molar-refractivity contribution in [3.8, 4) is 0 Å². The number of aromatic nitrogens is 2. The molecule has 4 nitrogen and oxygen atoms in total. The summed E-state index contributed by atoms with van der Waals surface area (Å²) >= 11 is 0. The van der Waals surface area contributed by atoms with Crippen LogP contribution >= 0.6 is 0 Å². The van der Waals surface area contributed by atoms with E-state index in [1.807, 2.05) is 0 Å². The van der Waals surface area contributed by atoms with E-state index in [2.05, 4.69) is 69.5 Å². The maximum absolute atomic E-state index is 18.0. The Bertz CT molecular complexity index is 8550. The summed E-state index contributed by atoms with van der Waals surface area (Å²) in [5.74, 6) is 0. The second-order valence-electron chi connectivity index (χ2n) is 27.2. The summed E-state index contributed by atoms with van der Waals surface area (Å²) in [6.07, 6.45) is 0. The Morgan fingerprint density at radius 1 is 0.163 bits per heavy atom. The highest BCUT2D eigenvalue weighted by Gasteiger charge is 2.49. The molecule has 4 aromatic heterocycles. The predicted octanol–water partition coefficient (Wildman–Crippen LogP) is 19.8. The van der Waals surface area contributed by atoms with Crippen LogP contribution in [0.5, 0.6) is 0 Å². The zero-order chi connectivity index (χ0) is 48.3. The third-order valence-corrected chi connectivity index (χ3v) is 26.1. The largest absolute Gasteiger partial charge is 0.275 e. The van der Waals surface area contributed by atoms with E-state index in [0.717, 1.165) is 49.0 Å². The zero-order valence-electron chi connectivity index (χ0n) is 40.5. The van der Waals surface area contributed by atoms with E-state index in [1.54, 1.807) is 0 Å². The third-order valence-electron chi connectivity index (χ3n) is 26.1. The summed E-state index contributed by atoms with van der Waals surface area (Å²) in [5, 5.41) is 81.1. The fourth-order valence-electron chi connectivity index (χ4n) is 25.1. The monoisotopic (exact) mass is 982 g/mol. The lowest BCUT2D eigenvalue weighted by Crippen LogP contribution is -2.16. The van der Waals surface area contributed by atoms with E-state index < -0.39 is 0 Å². The molecule has 0 bridgehead atoms. The topological polar surface area (TPSA) is 43.0 Å². The van der Waals surface area contributed by atoms with Gasteiger partial charge in [-0.1, -0.05) is 48.5 Å². The Kier molecular flexibility index (Phi) is 2.89. The first-order valence-electron chi connectivity index (χ1n) is 28.8. The summed E-state index contributed by atoms with van der Waals surface area (Å²) < 4.78 is 4.47. The van der Waals surface area contributed by atoms with E-state index in [9.17, 15) is 0 Å². The van der Waals surface area contributed by atoms with Crippen LogP contribution in [0.2, 0.25) is 0 Å². The van der Waals surface area contributed by atoms with Crippen molar-refractivity contribution in [2.75, 3.05) is 0 Å². The van der Waals surface area contributed by atoms with Gasteiger partial charge in [0.05, 0.1) is 32.8 Å². The number of benzene rings is 20. The molecule has 80 heavy (non-hydrogen) atoms. The molecule has 34 rings (SSSR count). The average Bonchev–Trinajstić information content (AvgIpc) is 1.65. The minimum Gasteiger partial charge on any atom is -0.275 e. The van der Waals surface area contributed by atoms with Gasteiger partial charge >= 0.3 is 0 Å². The molecule has 0 fully saturated rings. The van der Waals surface area contributed by atoms with Crippen LogP contribution in [-0.4, -0.2) is 8.80 Å². The van der Waals surface area contributed by atoms with Crippen LogP contribution in [0.4, 0.5) is 0 Å². The SMILES string of the molecule is O=c1c2c3c(=O)n4c5ccccc5c5ccc6c7ccccc7n1c1c7c8c6c5c5c6c9c%10c%11c%12c%13c%14c%15c%16c%17c%13c%13c%18c%17c%17c%19c%16c%16c%15c%15c(c%14%11)c9c9c%15c%11c%16c%14c%19c%15c(c2c2c(c%15%17)c%18c(c%15c%13c%12c(c%10c68)c%157)c21)c3c%14c%11c4c59. The predicted molar refractivity (Wildman–Crippen MR) is 339 cm³/mol. The van der Waals surface area contributed by atoms with Gasteiger partial charge in [0, 0.05) is 291 Å². The normalized spacial score (nSPS) is 16.4. The van der Waals surface area contributed by atoms with Gasteiger partial charge in [-0.2, -0.15) is 0 Å². The number of hydrogen-bond acceptors (Lipinski definition) is 2. The van der Waals surface area contributed by atoms with Crippen LogP contribution in [0.15, 0.2) is 70.3 Å². The van der Waals surface area contributed by atoms with Gasteiger partial charge in [0.1, 0.15) is 0 Å². The Morgan fingerprint density at radius 2 is 0.338 bits per heavy atom. The number of hydrogen-bond donors (Lipinski definition) is 0. The number of rotatable bonds is 0. The zero-order valence-corrected chi connectivity index (χ0v) is 40.5. The average molecular weight is 983 g/mol. The maximum atomic E-state index is 18.0. The van der Waals surface area contributed by atoms with Crippen LogP contribution in [0.3, 0.4) is 0 Å². The molecule has 0 saturated heterocycles. The molecule has 0 radical (unpaired) electrons. The molecule has 0 unspecified atom stereocenters. The third kappa shape index (κ3) is 1.85. The van der Waals surface area contributed by atoms with E-state index in [-0.39, 0.29) is 11.1 Å². The highest BCUT2D eigenvalue weighted by atomic mass is 16.1. The molecule has 0 aliphatic rings. The second-order valence-corrected chi connectivity index (χ2v) is 27.2. The lowest BCUT2D eigenvalue weighted by atomic mass is 9.82. The van der Waals surface area contributed by atoms with Gasteiger partial charge in [0.25, 0.3) is 11.1 Å². The molecule has 0 amide bonds.